The predicted octanol–water partition coefficient (Wildman–Crippen LogP) is 9.21. The maximum Gasteiger partial charge on any atom is 0.178 e. The lowest BCUT2D eigenvalue weighted by Gasteiger charge is -2.34. The van der Waals surface area contributed by atoms with Gasteiger partial charge in [-0.05, 0) is 33.6 Å². The van der Waals surface area contributed by atoms with Crippen LogP contribution in [0.1, 0.15) is 202 Å². The molecule has 0 aliphatic rings. The zero-order valence-electron chi connectivity index (χ0n) is 28.3. The molecule has 0 unspecified atom stereocenters. The largest absolute Gasteiger partial charge is 1.00 e. The lowest BCUT2D eigenvalue weighted by Crippen LogP contribution is -3.00. The maximum atomic E-state index is 6.37. The second kappa shape index (κ2) is 30.8. The van der Waals surface area contributed by atoms with Crippen LogP contribution in [0.5, 0.6) is 0 Å². The number of hydroxylamine groups is 3. The second-order valence-corrected chi connectivity index (χ2v) is 13.0. The van der Waals surface area contributed by atoms with Crippen molar-refractivity contribution in [1.29, 1.82) is 0 Å². The Kier molecular flexibility index (Phi) is 32.7. The van der Waals surface area contributed by atoms with Gasteiger partial charge in [-0.25, -0.2) is 0 Å². The number of unbranched alkanes of at least 4 members (excludes halogenated alkanes) is 22. The highest BCUT2D eigenvalue weighted by Crippen LogP contribution is 2.23. The molecule has 0 atom stereocenters. The van der Waals surface area contributed by atoms with Crippen LogP contribution in [0.2, 0.25) is 0 Å². The first-order valence-electron chi connectivity index (χ1n) is 17.8. The summed E-state index contributed by atoms with van der Waals surface area (Å²) in [5, 5.41) is 0. The molecule has 0 aliphatic carbocycles. The van der Waals surface area contributed by atoms with E-state index in [4.69, 9.17) is 14.5 Å². The monoisotopic (exact) mass is 635 g/mol. The number of nitrogens with zero attached hydrogens (tertiary/aromatic N) is 1. The number of quaternary nitrogens is 1. The Balaban J connectivity index is 0. The van der Waals surface area contributed by atoms with Crippen LogP contribution >= 0.6 is 0 Å². The van der Waals surface area contributed by atoms with E-state index in [-0.39, 0.29) is 27.6 Å². The van der Waals surface area contributed by atoms with Gasteiger partial charge in [-0.1, -0.05) is 162 Å². The minimum atomic E-state index is -0.317. The fourth-order valence-corrected chi connectivity index (χ4v) is 5.25. The van der Waals surface area contributed by atoms with Gasteiger partial charge in [0.1, 0.15) is 18.8 Å². The highest BCUT2D eigenvalue weighted by molar-refractivity contribution is 4.54. The van der Waals surface area contributed by atoms with Gasteiger partial charge >= 0.3 is 0 Å². The summed E-state index contributed by atoms with van der Waals surface area (Å²) < 4.78 is 0. The van der Waals surface area contributed by atoms with Crippen molar-refractivity contribution < 1.29 is 36.5 Å². The molecule has 0 saturated carbocycles. The Bertz CT molecular complexity index is 454. The van der Waals surface area contributed by atoms with Crippen molar-refractivity contribution in [3.8, 4) is 0 Å². The number of hydrogen-bond acceptors (Lipinski definition) is 3. The van der Waals surface area contributed by atoms with E-state index in [1.54, 1.807) is 0 Å². The van der Waals surface area contributed by atoms with E-state index in [1.165, 1.54) is 141 Å². The lowest BCUT2D eigenvalue weighted by atomic mass is 10.1. The summed E-state index contributed by atoms with van der Waals surface area (Å²) in [6, 6.07) is 0. The van der Waals surface area contributed by atoms with Crippen LogP contribution < -0.4 is 17.0 Å². The number of hydrogen-bond donors (Lipinski definition) is 0. The first kappa shape index (κ1) is 42.5. The molecule has 4 nitrogen and oxygen atoms in total. The van der Waals surface area contributed by atoms with Crippen molar-refractivity contribution in [1.82, 2.24) is 0 Å². The second-order valence-electron chi connectivity index (χ2n) is 13.0. The lowest BCUT2D eigenvalue weighted by molar-refractivity contribution is -1.37. The molecule has 0 fully saturated rings. The summed E-state index contributed by atoms with van der Waals surface area (Å²) in [7, 11) is 0. The van der Waals surface area contributed by atoms with E-state index >= 15 is 0 Å². The zero-order chi connectivity index (χ0) is 28.9. The summed E-state index contributed by atoms with van der Waals surface area (Å²) in [5.41, 5.74) is -0.317. The third-order valence-electron chi connectivity index (χ3n) is 7.48. The van der Waals surface area contributed by atoms with Crippen LogP contribution in [0, 0.1) is 0 Å². The van der Waals surface area contributed by atoms with E-state index < -0.39 is 0 Å². The minimum absolute atomic E-state index is 0. The van der Waals surface area contributed by atoms with Crippen molar-refractivity contribution in [3.05, 3.63) is 0 Å². The van der Waals surface area contributed by atoms with Crippen molar-refractivity contribution in [3.63, 3.8) is 0 Å². The summed E-state index contributed by atoms with van der Waals surface area (Å²) >= 11 is 0. The van der Waals surface area contributed by atoms with Crippen molar-refractivity contribution in [2.45, 2.75) is 208 Å². The average molecular weight is 637 g/mol. The SMILES string of the molecule is CCCCCCCCCCCCCCO[N+](CCC)(OCCCCCCCCCCCCCC)OC(C)(C)C.[Br-]. The van der Waals surface area contributed by atoms with Crippen LogP contribution in [-0.2, 0) is 14.5 Å². The van der Waals surface area contributed by atoms with Gasteiger partial charge in [-0.2, -0.15) is 0 Å². The quantitative estimate of drug-likeness (QED) is 0.0431. The molecule has 0 rings (SSSR count). The molecule has 0 bridgehead atoms. The highest BCUT2D eigenvalue weighted by atomic mass is 79.9. The molecule has 0 heterocycles. The van der Waals surface area contributed by atoms with Gasteiger partial charge in [-0.3, -0.25) is 0 Å². The van der Waals surface area contributed by atoms with Crippen molar-refractivity contribution >= 4 is 0 Å². The Morgan fingerprint density at radius 3 is 0.925 bits per heavy atom. The number of halogens is 1. The summed E-state index contributed by atoms with van der Waals surface area (Å²) in [5.74, 6) is 0. The third kappa shape index (κ3) is 29.8. The van der Waals surface area contributed by atoms with E-state index in [2.05, 4.69) is 41.5 Å². The van der Waals surface area contributed by atoms with Crippen molar-refractivity contribution in [2.75, 3.05) is 19.8 Å². The van der Waals surface area contributed by atoms with E-state index in [1.807, 2.05) is 0 Å². The standard InChI is InChI=1S/C35H74NO3.BrH/c1-7-10-12-14-16-18-20-22-24-26-28-30-33-37-36(32-9-3,39-35(4,5)6)38-34-31-29-27-25-23-21-19-17-15-13-11-8-2;/h7-34H2,1-6H3;1H/q+1;/p-1. The Morgan fingerprint density at radius 2 is 0.675 bits per heavy atom. The van der Waals surface area contributed by atoms with Crippen molar-refractivity contribution in [2.24, 2.45) is 0 Å². The first-order valence-corrected chi connectivity index (χ1v) is 17.8. The fraction of sp³-hybridized carbons (Fsp3) is 1.00. The van der Waals surface area contributed by atoms with E-state index in [0.29, 0.717) is 13.2 Å². The molecule has 0 spiro atoms. The molecule has 0 aromatic rings. The third-order valence-corrected chi connectivity index (χ3v) is 7.48. The topological polar surface area (TPSA) is 27.7 Å². The Hall–Kier alpha value is 0.320. The summed E-state index contributed by atoms with van der Waals surface area (Å²) in [4.78, 5) is 18.9. The molecule has 0 N–H and O–H groups in total. The van der Waals surface area contributed by atoms with Gasteiger partial charge < -0.3 is 17.0 Å². The number of rotatable bonds is 31. The molecule has 5 heteroatoms. The molecule has 0 amide bonds. The van der Waals surface area contributed by atoms with Crippen LogP contribution in [-0.4, -0.2) is 30.3 Å². The minimum Gasteiger partial charge on any atom is -1.00 e. The van der Waals surface area contributed by atoms with Gasteiger partial charge in [0.2, 0.25) is 0 Å². The Morgan fingerprint density at radius 1 is 0.400 bits per heavy atom. The molecule has 40 heavy (non-hydrogen) atoms. The molecular weight excluding hydrogens is 562 g/mol. The molecule has 0 aromatic carbocycles. The molecule has 0 aromatic heterocycles. The average Bonchev–Trinajstić information content (AvgIpc) is 2.89. The van der Waals surface area contributed by atoms with E-state index in [9.17, 15) is 0 Å². The van der Waals surface area contributed by atoms with Crippen LogP contribution in [0.3, 0.4) is 0 Å². The van der Waals surface area contributed by atoms with Crippen LogP contribution in [0.15, 0.2) is 0 Å². The summed E-state index contributed by atoms with van der Waals surface area (Å²) in [6.07, 6.45) is 33.4. The smallest absolute Gasteiger partial charge is 0.178 e. The fourth-order valence-electron chi connectivity index (χ4n) is 5.25. The van der Waals surface area contributed by atoms with Gasteiger partial charge in [-0.15, -0.1) is 14.5 Å². The van der Waals surface area contributed by atoms with Crippen LogP contribution in [0.4, 0.5) is 0 Å². The van der Waals surface area contributed by atoms with Crippen LogP contribution in [0.25, 0.3) is 0 Å². The molecule has 0 aliphatic heterocycles. The molecular formula is C35H74BrNO3. The highest BCUT2D eigenvalue weighted by Gasteiger charge is 2.39. The van der Waals surface area contributed by atoms with Gasteiger partial charge in [0.25, 0.3) is 0 Å². The van der Waals surface area contributed by atoms with Gasteiger partial charge in [0.15, 0.2) is 6.54 Å². The predicted molar refractivity (Wildman–Crippen MR) is 170 cm³/mol. The normalized spacial score (nSPS) is 12.2. The van der Waals surface area contributed by atoms with Gasteiger partial charge in [0.05, 0.1) is 4.97 Å². The Labute approximate surface area is 263 Å². The maximum absolute atomic E-state index is 6.37. The molecule has 0 saturated heterocycles. The van der Waals surface area contributed by atoms with Gasteiger partial charge in [0, 0.05) is 6.42 Å². The molecule has 0 radical (unpaired) electrons. The van der Waals surface area contributed by atoms with E-state index in [0.717, 1.165) is 25.8 Å². The molecule has 244 valence electrons. The zero-order valence-corrected chi connectivity index (χ0v) is 29.9. The first-order chi connectivity index (χ1) is 18.9. The summed E-state index contributed by atoms with van der Waals surface area (Å²) in [6.45, 7) is 15.2.